The van der Waals surface area contributed by atoms with Crippen LogP contribution in [-0.4, -0.2) is 25.0 Å². The summed E-state index contributed by atoms with van der Waals surface area (Å²) in [5, 5.41) is 5.46. The Balaban J connectivity index is 1.76. The molecule has 1 N–H and O–H groups in total. The molecule has 0 atom stereocenters. The Morgan fingerprint density at radius 1 is 1.22 bits per heavy atom. The number of aryl methyl sites for hydroxylation is 1. The quantitative estimate of drug-likeness (QED) is 0.759. The van der Waals surface area contributed by atoms with E-state index in [2.05, 4.69) is 29.4 Å². The number of carbonyl (C=O) groups excluding carboxylic acids is 1. The second kappa shape index (κ2) is 6.52. The third-order valence-corrected chi connectivity index (χ3v) is 5.12. The van der Waals surface area contributed by atoms with Gasteiger partial charge >= 0.3 is 0 Å². The molecule has 0 aliphatic rings. The summed E-state index contributed by atoms with van der Waals surface area (Å²) >= 11 is 3.14. The van der Waals surface area contributed by atoms with Crippen molar-refractivity contribution in [3.63, 3.8) is 0 Å². The highest BCUT2D eigenvalue weighted by molar-refractivity contribution is 7.17. The lowest BCUT2D eigenvalue weighted by Gasteiger charge is -2.13. The summed E-state index contributed by atoms with van der Waals surface area (Å²) < 4.78 is 0. The fourth-order valence-corrected chi connectivity index (χ4v) is 3.72. The molecular weight excluding hydrogens is 326 g/mol. The zero-order chi connectivity index (χ0) is 16.4. The van der Waals surface area contributed by atoms with Gasteiger partial charge in [0, 0.05) is 35.6 Å². The Kier molecular flexibility index (Phi) is 4.45. The second-order valence-electron chi connectivity index (χ2n) is 5.35. The monoisotopic (exact) mass is 343 g/mol. The van der Waals surface area contributed by atoms with Crippen molar-refractivity contribution in [2.24, 2.45) is 0 Å². The first-order valence-corrected chi connectivity index (χ1v) is 8.83. The number of hydrogen-bond acceptors (Lipinski definition) is 5. The van der Waals surface area contributed by atoms with Gasteiger partial charge in [-0.25, -0.2) is 4.98 Å². The topological polar surface area (TPSA) is 45.2 Å². The van der Waals surface area contributed by atoms with E-state index in [0.29, 0.717) is 10.7 Å². The lowest BCUT2D eigenvalue weighted by atomic mass is 10.2. The number of thiophene rings is 1. The van der Waals surface area contributed by atoms with E-state index in [1.807, 2.05) is 42.6 Å². The van der Waals surface area contributed by atoms with E-state index in [-0.39, 0.29) is 5.91 Å². The minimum absolute atomic E-state index is 0.142. The normalized spacial score (nSPS) is 10.6. The van der Waals surface area contributed by atoms with E-state index in [1.165, 1.54) is 16.2 Å². The van der Waals surface area contributed by atoms with Gasteiger partial charge in [-0.05, 0) is 37.3 Å². The van der Waals surface area contributed by atoms with Crippen LogP contribution < -0.4 is 10.2 Å². The highest BCUT2D eigenvalue weighted by atomic mass is 32.1. The van der Waals surface area contributed by atoms with E-state index >= 15 is 0 Å². The van der Waals surface area contributed by atoms with E-state index in [4.69, 9.17) is 0 Å². The number of carbonyl (C=O) groups is 1. The van der Waals surface area contributed by atoms with Crippen LogP contribution in [-0.2, 0) is 0 Å². The number of aromatic nitrogens is 1. The second-order valence-corrected chi connectivity index (χ2v) is 7.49. The van der Waals surface area contributed by atoms with Gasteiger partial charge in [-0.1, -0.05) is 6.07 Å². The average Bonchev–Trinajstić information content (AvgIpc) is 3.16. The van der Waals surface area contributed by atoms with Crippen molar-refractivity contribution in [1.82, 2.24) is 4.98 Å². The summed E-state index contributed by atoms with van der Waals surface area (Å²) in [6, 6.07) is 11.7. The summed E-state index contributed by atoms with van der Waals surface area (Å²) in [7, 11) is 3.90. The summed E-state index contributed by atoms with van der Waals surface area (Å²) in [4.78, 5) is 21.2. The molecule has 1 amide bonds. The molecule has 0 aliphatic carbocycles. The molecule has 0 radical (unpaired) electrons. The van der Waals surface area contributed by atoms with Gasteiger partial charge in [-0.15, -0.1) is 22.7 Å². The van der Waals surface area contributed by atoms with E-state index in [1.54, 1.807) is 17.4 Å². The Morgan fingerprint density at radius 3 is 2.74 bits per heavy atom. The minimum Gasteiger partial charge on any atom is -0.378 e. The Hall–Kier alpha value is -2.18. The van der Waals surface area contributed by atoms with Gasteiger partial charge in [-0.2, -0.15) is 0 Å². The van der Waals surface area contributed by atoms with Crippen LogP contribution in [0.15, 0.2) is 41.8 Å². The van der Waals surface area contributed by atoms with Gasteiger partial charge in [-0.3, -0.25) is 10.1 Å². The van der Waals surface area contributed by atoms with Crippen molar-refractivity contribution >= 4 is 39.4 Å². The number of amides is 1. The Bertz CT molecular complexity index is 836. The van der Waals surface area contributed by atoms with Crippen LogP contribution in [0, 0.1) is 6.92 Å². The van der Waals surface area contributed by atoms with Crippen LogP contribution in [0.1, 0.15) is 15.2 Å². The van der Waals surface area contributed by atoms with Gasteiger partial charge < -0.3 is 4.90 Å². The fraction of sp³-hybridized carbons (Fsp3) is 0.176. The number of nitrogens with one attached hydrogen (secondary N) is 1. The van der Waals surface area contributed by atoms with Crippen molar-refractivity contribution in [1.29, 1.82) is 0 Å². The molecule has 0 saturated carbocycles. The first-order chi connectivity index (χ1) is 11.0. The molecule has 4 nitrogen and oxygen atoms in total. The number of benzene rings is 1. The maximum absolute atomic E-state index is 12.4. The number of rotatable bonds is 4. The first-order valence-electron chi connectivity index (χ1n) is 7.14. The van der Waals surface area contributed by atoms with E-state index in [9.17, 15) is 4.79 Å². The number of hydrogen-bond donors (Lipinski definition) is 1. The standard InChI is InChI=1S/C17H17N3OS2/c1-11-7-8-15(23-11)14-10-22-17(18-14)19-16(21)12-5-4-6-13(9-12)20(2)3/h4-10H,1-3H3,(H,18,19,21). The first kappa shape index (κ1) is 15.7. The van der Waals surface area contributed by atoms with Crippen molar-refractivity contribution < 1.29 is 4.79 Å². The third-order valence-electron chi connectivity index (χ3n) is 3.34. The molecule has 0 saturated heterocycles. The van der Waals surface area contributed by atoms with Crippen LogP contribution in [0.4, 0.5) is 10.8 Å². The van der Waals surface area contributed by atoms with Crippen molar-refractivity contribution in [2.45, 2.75) is 6.92 Å². The van der Waals surface area contributed by atoms with Gasteiger partial charge in [0.25, 0.3) is 5.91 Å². The molecule has 0 unspecified atom stereocenters. The van der Waals surface area contributed by atoms with Crippen LogP contribution in [0.5, 0.6) is 0 Å². The third kappa shape index (κ3) is 3.60. The highest BCUT2D eigenvalue weighted by Gasteiger charge is 2.11. The van der Waals surface area contributed by atoms with Crippen LogP contribution in [0.25, 0.3) is 10.6 Å². The lowest BCUT2D eigenvalue weighted by molar-refractivity contribution is 0.102. The summed E-state index contributed by atoms with van der Waals surface area (Å²) in [5.41, 5.74) is 2.52. The molecule has 23 heavy (non-hydrogen) atoms. The lowest BCUT2D eigenvalue weighted by Crippen LogP contribution is -2.14. The predicted molar refractivity (Wildman–Crippen MR) is 98.9 cm³/mol. The molecule has 0 spiro atoms. The van der Waals surface area contributed by atoms with Gasteiger partial charge in [0.2, 0.25) is 0 Å². The Labute approximate surface area is 143 Å². The molecule has 3 aromatic rings. The number of anilines is 2. The molecule has 3 rings (SSSR count). The molecule has 118 valence electrons. The molecule has 0 bridgehead atoms. The van der Waals surface area contributed by atoms with Gasteiger partial charge in [0.15, 0.2) is 5.13 Å². The average molecular weight is 343 g/mol. The van der Waals surface area contributed by atoms with Crippen molar-refractivity contribution in [2.75, 3.05) is 24.3 Å². The number of thiazole rings is 1. The van der Waals surface area contributed by atoms with Gasteiger partial charge in [0.05, 0.1) is 10.6 Å². The largest absolute Gasteiger partial charge is 0.378 e. The molecule has 6 heteroatoms. The zero-order valence-corrected chi connectivity index (χ0v) is 14.8. The van der Waals surface area contributed by atoms with E-state index in [0.717, 1.165) is 16.3 Å². The maximum atomic E-state index is 12.4. The molecule has 2 aromatic heterocycles. The van der Waals surface area contributed by atoms with Crippen LogP contribution in [0.2, 0.25) is 0 Å². The number of nitrogens with zero attached hydrogens (tertiary/aromatic N) is 2. The highest BCUT2D eigenvalue weighted by Crippen LogP contribution is 2.30. The van der Waals surface area contributed by atoms with Crippen LogP contribution >= 0.6 is 22.7 Å². The molecule has 1 aromatic carbocycles. The smallest absolute Gasteiger partial charge is 0.257 e. The van der Waals surface area contributed by atoms with Crippen molar-refractivity contribution in [3.8, 4) is 10.6 Å². The SMILES string of the molecule is Cc1ccc(-c2csc(NC(=O)c3cccc(N(C)C)c3)n2)s1. The summed E-state index contributed by atoms with van der Waals surface area (Å²) in [6.07, 6.45) is 0. The molecule has 0 fully saturated rings. The fourth-order valence-electron chi connectivity index (χ4n) is 2.11. The van der Waals surface area contributed by atoms with Crippen LogP contribution in [0.3, 0.4) is 0 Å². The molecular formula is C17H17N3OS2. The zero-order valence-electron chi connectivity index (χ0n) is 13.2. The predicted octanol–water partition coefficient (Wildman–Crippen LogP) is 4.50. The van der Waals surface area contributed by atoms with Gasteiger partial charge in [0.1, 0.15) is 0 Å². The maximum Gasteiger partial charge on any atom is 0.257 e. The molecule has 0 aliphatic heterocycles. The molecule has 2 heterocycles. The van der Waals surface area contributed by atoms with E-state index < -0.39 is 0 Å². The summed E-state index contributed by atoms with van der Waals surface area (Å²) in [5.74, 6) is -0.142. The Morgan fingerprint density at radius 2 is 2.04 bits per heavy atom. The minimum atomic E-state index is -0.142. The van der Waals surface area contributed by atoms with Crippen molar-refractivity contribution in [3.05, 3.63) is 52.2 Å². The summed E-state index contributed by atoms with van der Waals surface area (Å²) in [6.45, 7) is 2.07.